The van der Waals surface area contributed by atoms with Gasteiger partial charge in [0.25, 0.3) is 0 Å². The van der Waals surface area contributed by atoms with Gasteiger partial charge in [0.1, 0.15) is 0 Å². The summed E-state index contributed by atoms with van der Waals surface area (Å²) < 4.78 is 1.24. The lowest BCUT2D eigenvalue weighted by Crippen LogP contribution is -3.00. The van der Waals surface area contributed by atoms with Gasteiger partial charge in [-0.2, -0.15) is 0 Å². The molecule has 0 fully saturated rings. The molecule has 0 aromatic carbocycles. The third-order valence-electron chi connectivity index (χ3n) is 8.39. The Morgan fingerprint density at radius 2 is 0.579 bits per heavy atom. The van der Waals surface area contributed by atoms with Crippen LogP contribution in [0.15, 0.2) is 12.2 Å². The fraction of sp³-hybridized carbons (Fsp3) is 0.944. The largest absolute Gasteiger partial charge is 1.00 e. The molecule has 0 saturated heterocycles. The number of halogens is 1. The highest BCUT2D eigenvalue weighted by Crippen LogP contribution is 2.15. The molecule has 1 nitrogen and oxygen atoms in total. The standard InChI is InChI=1S/C36H74N.ClH/c1-5-7-9-11-13-15-17-19-21-22-24-26-28-30-32-34-36-37(3,4)35-33-31-29-27-25-23-20-18-16-14-12-10-8-6-2;/h19,21H,5-18,20,22-36H2,1-4H3;1H/q+1;/p-1/b21-19-;. The van der Waals surface area contributed by atoms with Crippen LogP contribution in [0.4, 0.5) is 0 Å². The lowest BCUT2D eigenvalue weighted by molar-refractivity contribution is -0.890. The summed E-state index contributed by atoms with van der Waals surface area (Å²) in [6, 6.07) is 0. The molecule has 0 rings (SSSR count). The van der Waals surface area contributed by atoms with E-state index in [0.29, 0.717) is 0 Å². The van der Waals surface area contributed by atoms with Crippen LogP contribution in [0, 0.1) is 0 Å². The number of unbranched alkanes of at least 4 members (excludes halogenated alkanes) is 25. The molecule has 0 heterocycles. The Bertz CT molecular complexity index is 445. The Kier molecular flexibility index (Phi) is 35.1. The predicted molar refractivity (Wildman–Crippen MR) is 172 cm³/mol. The van der Waals surface area contributed by atoms with E-state index in [4.69, 9.17) is 0 Å². The maximum atomic E-state index is 2.46. The molecule has 0 unspecified atom stereocenters. The second kappa shape index (κ2) is 33.2. The van der Waals surface area contributed by atoms with Crippen LogP contribution in [0.3, 0.4) is 0 Å². The van der Waals surface area contributed by atoms with Crippen molar-refractivity contribution in [2.75, 3.05) is 27.2 Å². The summed E-state index contributed by atoms with van der Waals surface area (Å²) in [5.41, 5.74) is 0. The highest BCUT2D eigenvalue weighted by molar-refractivity contribution is 4.81. The van der Waals surface area contributed by atoms with Crippen LogP contribution in [0.5, 0.6) is 0 Å². The van der Waals surface area contributed by atoms with E-state index in [9.17, 15) is 0 Å². The average molecular weight is 556 g/mol. The highest BCUT2D eigenvalue weighted by atomic mass is 35.5. The molecule has 0 saturated carbocycles. The summed E-state index contributed by atoms with van der Waals surface area (Å²) in [6.45, 7) is 7.36. The first-order valence-corrected chi connectivity index (χ1v) is 17.6. The van der Waals surface area contributed by atoms with Gasteiger partial charge < -0.3 is 16.9 Å². The molecule has 0 atom stereocenters. The number of hydrogen-bond donors (Lipinski definition) is 0. The molecular formula is C36H74ClN. The van der Waals surface area contributed by atoms with Crippen molar-refractivity contribution in [1.82, 2.24) is 0 Å². The van der Waals surface area contributed by atoms with Crippen molar-refractivity contribution >= 4 is 0 Å². The van der Waals surface area contributed by atoms with E-state index >= 15 is 0 Å². The maximum Gasteiger partial charge on any atom is 0.0782 e. The van der Waals surface area contributed by atoms with Gasteiger partial charge in [0, 0.05) is 0 Å². The van der Waals surface area contributed by atoms with E-state index in [2.05, 4.69) is 40.1 Å². The van der Waals surface area contributed by atoms with Gasteiger partial charge in [0.15, 0.2) is 0 Å². The average Bonchev–Trinajstić information content (AvgIpc) is 2.88. The van der Waals surface area contributed by atoms with Gasteiger partial charge in [-0.3, -0.25) is 0 Å². The summed E-state index contributed by atoms with van der Waals surface area (Å²) in [5, 5.41) is 0. The van der Waals surface area contributed by atoms with Crippen LogP contribution in [-0.2, 0) is 0 Å². The summed E-state index contributed by atoms with van der Waals surface area (Å²) in [4.78, 5) is 0. The molecule has 0 radical (unpaired) electrons. The first kappa shape index (κ1) is 40.1. The molecule has 0 amide bonds. The van der Waals surface area contributed by atoms with Crippen LogP contribution in [0.25, 0.3) is 0 Å². The van der Waals surface area contributed by atoms with Crippen molar-refractivity contribution in [3.05, 3.63) is 12.2 Å². The van der Waals surface area contributed by atoms with Gasteiger partial charge >= 0.3 is 0 Å². The van der Waals surface area contributed by atoms with Crippen LogP contribution in [-0.4, -0.2) is 31.7 Å². The summed E-state index contributed by atoms with van der Waals surface area (Å²) in [5.74, 6) is 0. The summed E-state index contributed by atoms with van der Waals surface area (Å²) >= 11 is 0. The van der Waals surface area contributed by atoms with Gasteiger partial charge in [-0.25, -0.2) is 0 Å². The van der Waals surface area contributed by atoms with Gasteiger partial charge in [-0.1, -0.05) is 154 Å². The zero-order chi connectivity index (χ0) is 27.1. The Labute approximate surface area is 249 Å². The fourth-order valence-corrected chi connectivity index (χ4v) is 5.63. The van der Waals surface area contributed by atoms with E-state index < -0.39 is 0 Å². The van der Waals surface area contributed by atoms with Gasteiger partial charge in [0.05, 0.1) is 27.2 Å². The Balaban J connectivity index is 0. The first-order valence-electron chi connectivity index (χ1n) is 17.6. The molecule has 0 aliphatic carbocycles. The molecule has 0 N–H and O–H groups in total. The number of hydrogen-bond acceptors (Lipinski definition) is 0. The topological polar surface area (TPSA) is 0 Å². The zero-order valence-electron chi connectivity index (χ0n) is 27.2. The molecule has 0 aliphatic heterocycles. The van der Waals surface area contributed by atoms with Crippen molar-refractivity contribution in [3.63, 3.8) is 0 Å². The minimum Gasteiger partial charge on any atom is -1.00 e. The monoisotopic (exact) mass is 556 g/mol. The number of quaternary nitrogens is 1. The molecule has 0 aromatic heterocycles. The normalized spacial score (nSPS) is 11.9. The van der Waals surface area contributed by atoms with Crippen molar-refractivity contribution in [1.29, 1.82) is 0 Å². The summed E-state index contributed by atoms with van der Waals surface area (Å²) in [6.07, 6.45) is 45.0. The van der Waals surface area contributed by atoms with Gasteiger partial charge in [0.2, 0.25) is 0 Å². The Morgan fingerprint density at radius 3 is 0.868 bits per heavy atom. The molecule has 0 bridgehead atoms. The Morgan fingerprint density at radius 1 is 0.342 bits per heavy atom. The molecule has 0 aliphatic rings. The van der Waals surface area contributed by atoms with Crippen LogP contribution in [0.2, 0.25) is 0 Å². The van der Waals surface area contributed by atoms with Crippen molar-refractivity contribution in [2.24, 2.45) is 0 Å². The number of nitrogens with zero attached hydrogens (tertiary/aromatic N) is 1. The summed E-state index contributed by atoms with van der Waals surface area (Å²) in [7, 11) is 4.92. The molecule has 38 heavy (non-hydrogen) atoms. The lowest BCUT2D eigenvalue weighted by atomic mass is 10.0. The molecule has 2 heteroatoms. The molecular weight excluding hydrogens is 482 g/mol. The fourth-order valence-electron chi connectivity index (χ4n) is 5.63. The smallest absolute Gasteiger partial charge is 0.0782 e. The second-order valence-corrected chi connectivity index (χ2v) is 12.9. The SMILES string of the molecule is CCCCCCCC/C=C\CCCCCCCC[N+](C)(C)CCCCCCCCCCCCCCCC.[Cl-]. The maximum absolute atomic E-state index is 2.46. The van der Waals surface area contributed by atoms with Crippen LogP contribution < -0.4 is 12.4 Å². The third-order valence-corrected chi connectivity index (χ3v) is 8.39. The van der Waals surface area contributed by atoms with E-state index in [1.54, 1.807) is 0 Å². The lowest BCUT2D eigenvalue weighted by Gasteiger charge is -2.30. The highest BCUT2D eigenvalue weighted by Gasteiger charge is 2.13. The zero-order valence-corrected chi connectivity index (χ0v) is 27.9. The Hall–Kier alpha value is -0.0100. The molecule has 230 valence electrons. The predicted octanol–water partition coefficient (Wildman–Crippen LogP) is 9.59. The van der Waals surface area contributed by atoms with E-state index in [1.807, 2.05) is 0 Å². The van der Waals surface area contributed by atoms with E-state index in [0.717, 1.165) is 0 Å². The van der Waals surface area contributed by atoms with Crippen LogP contribution in [0.1, 0.15) is 194 Å². The van der Waals surface area contributed by atoms with Crippen LogP contribution >= 0.6 is 0 Å². The quantitative estimate of drug-likeness (QED) is 0.0453. The van der Waals surface area contributed by atoms with E-state index in [1.165, 1.54) is 197 Å². The van der Waals surface area contributed by atoms with Gasteiger partial charge in [-0.15, -0.1) is 0 Å². The number of rotatable bonds is 31. The third kappa shape index (κ3) is 34.0. The minimum absolute atomic E-state index is 0. The van der Waals surface area contributed by atoms with E-state index in [-0.39, 0.29) is 12.4 Å². The first-order chi connectivity index (χ1) is 18.1. The van der Waals surface area contributed by atoms with Gasteiger partial charge in [-0.05, 0) is 51.4 Å². The van der Waals surface area contributed by atoms with Crippen molar-refractivity contribution < 1.29 is 16.9 Å². The molecule has 0 aromatic rings. The number of allylic oxidation sites excluding steroid dienone is 2. The van der Waals surface area contributed by atoms with Crippen molar-refractivity contribution in [3.8, 4) is 0 Å². The second-order valence-electron chi connectivity index (χ2n) is 12.9. The molecule has 0 spiro atoms. The van der Waals surface area contributed by atoms with Crippen molar-refractivity contribution in [2.45, 2.75) is 194 Å². The minimum atomic E-state index is 0.